The van der Waals surface area contributed by atoms with Gasteiger partial charge in [0.05, 0.1) is 0 Å². The van der Waals surface area contributed by atoms with Crippen LogP contribution in [0.2, 0.25) is 5.02 Å². The largest absolute Gasteiger partial charge is 0.311 e. The molecule has 2 bridgehead atoms. The van der Waals surface area contributed by atoms with E-state index in [1.807, 2.05) is 6.07 Å². The highest BCUT2D eigenvalue weighted by molar-refractivity contribution is 6.30. The maximum atomic E-state index is 6.09. The van der Waals surface area contributed by atoms with E-state index in [1.54, 1.807) is 6.42 Å². The van der Waals surface area contributed by atoms with Gasteiger partial charge in [-0.25, -0.2) is 0 Å². The van der Waals surface area contributed by atoms with E-state index in [-0.39, 0.29) is 0 Å². The third kappa shape index (κ3) is 1.72. The number of fused-ring (bicyclic) bond motifs is 5. The highest BCUT2D eigenvalue weighted by Gasteiger charge is 2.65. The molecule has 2 heteroatoms. The molecule has 1 aromatic rings. The summed E-state index contributed by atoms with van der Waals surface area (Å²) in [7, 11) is 0. The van der Waals surface area contributed by atoms with Gasteiger partial charge in [-0.2, -0.15) is 0 Å². The lowest BCUT2D eigenvalue weighted by molar-refractivity contribution is 0.272. The van der Waals surface area contributed by atoms with Crippen LogP contribution in [0.1, 0.15) is 43.6 Å². The first-order valence-electron chi connectivity index (χ1n) is 8.31. The molecule has 4 fully saturated rings. The van der Waals surface area contributed by atoms with Crippen molar-refractivity contribution in [1.82, 2.24) is 5.32 Å². The number of nitrogens with one attached hydrogen (secondary N) is 1. The zero-order valence-corrected chi connectivity index (χ0v) is 12.5. The van der Waals surface area contributed by atoms with Crippen molar-refractivity contribution in [2.45, 2.75) is 50.1 Å². The van der Waals surface area contributed by atoms with Crippen molar-refractivity contribution in [3.63, 3.8) is 0 Å². The fraction of sp³-hybridized carbons (Fsp3) is 0.667. The van der Waals surface area contributed by atoms with Gasteiger partial charge in [0.2, 0.25) is 0 Å². The molecule has 0 aliphatic heterocycles. The SMILES string of the molecule is Clc1cccc(C2CC(NC3C4C5CCC(C5)C34)C2)c1. The summed E-state index contributed by atoms with van der Waals surface area (Å²) >= 11 is 6.09. The van der Waals surface area contributed by atoms with E-state index in [0.29, 0.717) is 0 Å². The van der Waals surface area contributed by atoms with Crippen molar-refractivity contribution in [2.75, 3.05) is 0 Å². The summed E-state index contributed by atoms with van der Waals surface area (Å²) < 4.78 is 0. The third-order valence-corrected chi connectivity index (χ3v) is 6.86. The van der Waals surface area contributed by atoms with Crippen molar-refractivity contribution < 1.29 is 0 Å². The third-order valence-electron chi connectivity index (χ3n) is 6.62. The van der Waals surface area contributed by atoms with Gasteiger partial charge in [0.1, 0.15) is 0 Å². The Morgan fingerprint density at radius 3 is 2.45 bits per heavy atom. The first-order chi connectivity index (χ1) is 9.79. The van der Waals surface area contributed by atoms with E-state index >= 15 is 0 Å². The van der Waals surface area contributed by atoms with Crippen molar-refractivity contribution in [2.24, 2.45) is 23.7 Å². The molecule has 4 aliphatic carbocycles. The van der Waals surface area contributed by atoms with Gasteiger partial charge < -0.3 is 5.32 Å². The highest BCUT2D eigenvalue weighted by Crippen LogP contribution is 2.66. The zero-order chi connectivity index (χ0) is 13.3. The van der Waals surface area contributed by atoms with Crippen molar-refractivity contribution in [3.8, 4) is 0 Å². The molecule has 4 unspecified atom stereocenters. The molecule has 106 valence electrons. The molecule has 0 radical (unpaired) electrons. The van der Waals surface area contributed by atoms with Crippen LogP contribution in [0.25, 0.3) is 0 Å². The van der Waals surface area contributed by atoms with Crippen LogP contribution in [0.15, 0.2) is 24.3 Å². The molecule has 0 spiro atoms. The molecule has 0 heterocycles. The Hall–Kier alpha value is -0.530. The van der Waals surface area contributed by atoms with Crippen LogP contribution in [0, 0.1) is 23.7 Å². The molecule has 1 N–H and O–H groups in total. The Morgan fingerprint density at radius 2 is 1.75 bits per heavy atom. The van der Waals surface area contributed by atoms with Gasteiger partial charge in [-0.3, -0.25) is 0 Å². The summed E-state index contributed by atoms with van der Waals surface area (Å²) in [4.78, 5) is 0. The fourth-order valence-corrected chi connectivity index (χ4v) is 5.81. The average Bonchev–Trinajstić information content (AvgIpc) is 2.78. The molecule has 0 aromatic heterocycles. The van der Waals surface area contributed by atoms with Crippen LogP contribution >= 0.6 is 11.6 Å². The Kier molecular flexibility index (Phi) is 2.56. The van der Waals surface area contributed by atoms with E-state index < -0.39 is 0 Å². The minimum absolute atomic E-state index is 0.738. The maximum absolute atomic E-state index is 6.09. The fourth-order valence-electron chi connectivity index (χ4n) is 5.61. The lowest BCUT2D eigenvalue weighted by atomic mass is 9.75. The van der Waals surface area contributed by atoms with Gasteiger partial charge in [-0.1, -0.05) is 23.7 Å². The second-order valence-electron chi connectivity index (χ2n) is 7.60. The zero-order valence-electron chi connectivity index (χ0n) is 11.8. The molecule has 5 rings (SSSR count). The number of hydrogen-bond donors (Lipinski definition) is 1. The first kappa shape index (κ1) is 12.1. The van der Waals surface area contributed by atoms with Gasteiger partial charge in [-0.05, 0) is 79.4 Å². The van der Waals surface area contributed by atoms with Crippen LogP contribution in [-0.2, 0) is 0 Å². The molecular formula is C18H22ClN. The van der Waals surface area contributed by atoms with Crippen LogP contribution in [0.5, 0.6) is 0 Å². The predicted octanol–water partition coefficient (Wildman–Crippen LogP) is 4.22. The summed E-state index contributed by atoms with van der Waals surface area (Å²) in [6.45, 7) is 0. The Bertz CT molecular complexity index is 520. The minimum Gasteiger partial charge on any atom is -0.311 e. The predicted molar refractivity (Wildman–Crippen MR) is 81.9 cm³/mol. The molecule has 4 atom stereocenters. The molecule has 4 aliphatic rings. The topological polar surface area (TPSA) is 12.0 Å². The number of rotatable bonds is 3. The van der Waals surface area contributed by atoms with Crippen molar-refractivity contribution in [3.05, 3.63) is 34.9 Å². The Labute approximate surface area is 126 Å². The van der Waals surface area contributed by atoms with Crippen LogP contribution in [0.4, 0.5) is 0 Å². The molecule has 1 aromatic carbocycles. The molecule has 1 nitrogen and oxygen atoms in total. The van der Waals surface area contributed by atoms with Gasteiger partial charge >= 0.3 is 0 Å². The summed E-state index contributed by atoms with van der Waals surface area (Å²) in [5.41, 5.74) is 1.44. The quantitative estimate of drug-likeness (QED) is 0.878. The molecular weight excluding hydrogens is 266 g/mol. The molecule has 0 amide bonds. The van der Waals surface area contributed by atoms with E-state index in [2.05, 4.69) is 23.5 Å². The lowest BCUT2D eigenvalue weighted by Gasteiger charge is -2.37. The van der Waals surface area contributed by atoms with E-state index in [4.69, 9.17) is 11.6 Å². The average molecular weight is 288 g/mol. The van der Waals surface area contributed by atoms with Crippen LogP contribution < -0.4 is 5.32 Å². The van der Waals surface area contributed by atoms with Gasteiger partial charge in [0.25, 0.3) is 0 Å². The van der Waals surface area contributed by atoms with Crippen LogP contribution in [-0.4, -0.2) is 12.1 Å². The van der Waals surface area contributed by atoms with Gasteiger partial charge in [0, 0.05) is 17.1 Å². The summed E-state index contributed by atoms with van der Waals surface area (Å²) in [5.74, 6) is 5.05. The van der Waals surface area contributed by atoms with E-state index in [1.165, 1.54) is 31.2 Å². The van der Waals surface area contributed by atoms with Crippen molar-refractivity contribution in [1.29, 1.82) is 0 Å². The summed E-state index contributed by atoms with van der Waals surface area (Å²) in [6, 6.07) is 10.1. The van der Waals surface area contributed by atoms with Crippen LogP contribution in [0.3, 0.4) is 0 Å². The molecule has 0 saturated heterocycles. The number of halogens is 1. The standard InChI is InChI=1S/C18H22ClN/c19-14-3-1-2-10(7-14)13-8-15(9-13)20-18-16-11-4-5-12(6-11)17(16)18/h1-3,7,11-13,15-18,20H,4-6,8-9H2. The second kappa shape index (κ2) is 4.24. The van der Waals surface area contributed by atoms with E-state index in [0.717, 1.165) is 46.7 Å². The Balaban J connectivity index is 1.18. The molecule has 4 saturated carbocycles. The monoisotopic (exact) mass is 287 g/mol. The van der Waals surface area contributed by atoms with Crippen molar-refractivity contribution >= 4 is 11.6 Å². The lowest BCUT2D eigenvalue weighted by Crippen LogP contribution is -2.42. The molecule has 20 heavy (non-hydrogen) atoms. The van der Waals surface area contributed by atoms with Gasteiger partial charge in [0.15, 0.2) is 0 Å². The maximum Gasteiger partial charge on any atom is 0.0408 e. The summed E-state index contributed by atoms with van der Waals surface area (Å²) in [6.07, 6.45) is 7.24. The second-order valence-corrected chi connectivity index (χ2v) is 8.04. The first-order valence-corrected chi connectivity index (χ1v) is 8.69. The smallest absolute Gasteiger partial charge is 0.0408 e. The van der Waals surface area contributed by atoms with E-state index in [9.17, 15) is 0 Å². The Morgan fingerprint density at radius 1 is 1.00 bits per heavy atom. The summed E-state index contributed by atoms with van der Waals surface area (Å²) in [5, 5.41) is 4.86. The van der Waals surface area contributed by atoms with Gasteiger partial charge in [-0.15, -0.1) is 0 Å². The number of hydrogen-bond acceptors (Lipinski definition) is 1. The normalized spacial score (nSPS) is 48.0. The minimum atomic E-state index is 0.738. The number of benzene rings is 1. The highest BCUT2D eigenvalue weighted by atomic mass is 35.5.